The quantitative estimate of drug-likeness (QED) is 0.820. The van der Waals surface area contributed by atoms with E-state index in [1.54, 1.807) is 24.3 Å². The van der Waals surface area contributed by atoms with Crippen LogP contribution in [0.15, 0.2) is 30.3 Å². The average Bonchev–Trinajstić information content (AvgIpc) is 2.90. The molecule has 1 fully saturated rings. The van der Waals surface area contributed by atoms with E-state index in [1.807, 2.05) is 6.07 Å². The highest BCUT2D eigenvalue weighted by Gasteiger charge is 2.29. The summed E-state index contributed by atoms with van der Waals surface area (Å²) >= 11 is 0. The molecule has 1 aromatic rings. The molecule has 0 spiro atoms. The summed E-state index contributed by atoms with van der Waals surface area (Å²) in [5, 5.41) is 3.71. The van der Waals surface area contributed by atoms with Crippen LogP contribution in [0.1, 0.15) is 18.0 Å². The molecule has 1 aromatic carbocycles. The number of rotatable bonds is 3. The van der Waals surface area contributed by atoms with E-state index in [0.29, 0.717) is 18.7 Å². The van der Waals surface area contributed by atoms with Crippen LogP contribution in [0.3, 0.4) is 0 Å². The van der Waals surface area contributed by atoms with Gasteiger partial charge in [-0.05, 0) is 12.0 Å². The van der Waals surface area contributed by atoms with Crippen molar-refractivity contribution in [2.24, 2.45) is 5.73 Å². The molecule has 0 saturated carbocycles. The second-order valence-corrected chi connectivity index (χ2v) is 3.98. The Hall–Kier alpha value is -2.08. The standard InChI is InChI=1S/C12H15N3O3/c13-12(17)14-10(9-5-2-1-3-6-9)11(16)15-7-4-8-18-15/h1-3,5-6,10H,4,7-8H2,(H3,13,14,17). The molecule has 1 heterocycles. The van der Waals surface area contributed by atoms with Gasteiger partial charge < -0.3 is 11.1 Å². The van der Waals surface area contributed by atoms with Crippen molar-refractivity contribution in [3.63, 3.8) is 0 Å². The monoisotopic (exact) mass is 249 g/mol. The summed E-state index contributed by atoms with van der Waals surface area (Å²) in [5.41, 5.74) is 5.78. The number of amides is 3. The van der Waals surface area contributed by atoms with Crippen molar-refractivity contribution in [3.8, 4) is 0 Å². The SMILES string of the molecule is NC(=O)NC(C(=O)N1CCCO1)c1ccccc1. The Morgan fingerprint density at radius 2 is 2.06 bits per heavy atom. The molecule has 1 aliphatic heterocycles. The van der Waals surface area contributed by atoms with Gasteiger partial charge in [0.1, 0.15) is 6.04 Å². The number of nitrogens with one attached hydrogen (secondary N) is 1. The highest BCUT2D eigenvalue weighted by molar-refractivity contribution is 5.87. The van der Waals surface area contributed by atoms with Gasteiger partial charge in [0.15, 0.2) is 0 Å². The zero-order valence-corrected chi connectivity index (χ0v) is 9.83. The summed E-state index contributed by atoms with van der Waals surface area (Å²) in [6, 6.07) is 7.40. The van der Waals surface area contributed by atoms with Crippen LogP contribution in [-0.4, -0.2) is 30.2 Å². The summed E-state index contributed by atoms with van der Waals surface area (Å²) in [5.74, 6) is -0.308. The lowest BCUT2D eigenvalue weighted by atomic mass is 10.1. The van der Waals surface area contributed by atoms with Gasteiger partial charge in [-0.2, -0.15) is 0 Å². The lowest BCUT2D eigenvalue weighted by molar-refractivity contribution is -0.171. The van der Waals surface area contributed by atoms with Gasteiger partial charge in [0.2, 0.25) is 0 Å². The lowest BCUT2D eigenvalue weighted by Gasteiger charge is -2.22. The van der Waals surface area contributed by atoms with Crippen molar-refractivity contribution in [2.75, 3.05) is 13.2 Å². The van der Waals surface area contributed by atoms with Crippen LogP contribution in [0, 0.1) is 0 Å². The molecule has 6 heteroatoms. The van der Waals surface area contributed by atoms with Crippen molar-refractivity contribution in [2.45, 2.75) is 12.5 Å². The first-order valence-corrected chi connectivity index (χ1v) is 5.73. The van der Waals surface area contributed by atoms with Gasteiger partial charge in [0.05, 0.1) is 13.2 Å². The Labute approximate surface area is 105 Å². The minimum Gasteiger partial charge on any atom is -0.352 e. The molecule has 1 unspecified atom stereocenters. The van der Waals surface area contributed by atoms with Crippen molar-refractivity contribution >= 4 is 11.9 Å². The van der Waals surface area contributed by atoms with Crippen LogP contribution in [0.5, 0.6) is 0 Å². The normalized spacial score (nSPS) is 16.3. The van der Waals surface area contributed by atoms with E-state index in [9.17, 15) is 9.59 Å². The van der Waals surface area contributed by atoms with E-state index < -0.39 is 12.1 Å². The topological polar surface area (TPSA) is 84.7 Å². The van der Waals surface area contributed by atoms with Crippen molar-refractivity contribution < 1.29 is 14.4 Å². The first-order chi connectivity index (χ1) is 8.68. The summed E-state index contributed by atoms with van der Waals surface area (Å²) in [6.07, 6.45) is 0.795. The maximum Gasteiger partial charge on any atom is 0.313 e. The highest BCUT2D eigenvalue weighted by atomic mass is 16.7. The maximum atomic E-state index is 12.2. The fourth-order valence-electron chi connectivity index (χ4n) is 1.84. The van der Waals surface area contributed by atoms with Crippen LogP contribution in [0.25, 0.3) is 0 Å². The van der Waals surface area contributed by atoms with Crippen LogP contribution >= 0.6 is 0 Å². The number of primary amides is 1. The van der Waals surface area contributed by atoms with Gasteiger partial charge in [-0.25, -0.2) is 9.86 Å². The van der Waals surface area contributed by atoms with Gasteiger partial charge in [-0.1, -0.05) is 30.3 Å². The van der Waals surface area contributed by atoms with Gasteiger partial charge in [-0.15, -0.1) is 0 Å². The molecule has 0 bridgehead atoms. The third-order valence-electron chi connectivity index (χ3n) is 2.66. The average molecular weight is 249 g/mol. The number of urea groups is 1. The summed E-state index contributed by atoms with van der Waals surface area (Å²) < 4.78 is 0. The van der Waals surface area contributed by atoms with Crippen LogP contribution in [0.2, 0.25) is 0 Å². The van der Waals surface area contributed by atoms with E-state index in [0.717, 1.165) is 6.42 Å². The van der Waals surface area contributed by atoms with Crippen LogP contribution in [-0.2, 0) is 9.63 Å². The van der Waals surface area contributed by atoms with E-state index >= 15 is 0 Å². The molecule has 0 aliphatic carbocycles. The Morgan fingerprint density at radius 1 is 1.33 bits per heavy atom. The molecule has 0 radical (unpaired) electrons. The first kappa shape index (κ1) is 12.4. The summed E-state index contributed by atoms with van der Waals surface area (Å²) in [4.78, 5) is 28.4. The zero-order chi connectivity index (χ0) is 13.0. The van der Waals surface area contributed by atoms with Crippen molar-refractivity contribution in [3.05, 3.63) is 35.9 Å². The van der Waals surface area contributed by atoms with E-state index in [-0.39, 0.29) is 5.91 Å². The Bertz CT molecular complexity index is 429. The smallest absolute Gasteiger partial charge is 0.313 e. The number of nitrogens with zero attached hydrogens (tertiary/aromatic N) is 1. The molecule has 18 heavy (non-hydrogen) atoms. The maximum absolute atomic E-state index is 12.2. The third-order valence-corrected chi connectivity index (χ3v) is 2.66. The van der Waals surface area contributed by atoms with Crippen LogP contribution < -0.4 is 11.1 Å². The lowest BCUT2D eigenvalue weighted by Crippen LogP contribution is -2.43. The number of carbonyl (C=O) groups excluding carboxylic acids is 2. The number of carbonyl (C=O) groups is 2. The van der Waals surface area contributed by atoms with Gasteiger partial charge in [0.25, 0.3) is 5.91 Å². The zero-order valence-electron chi connectivity index (χ0n) is 9.83. The molecule has 1 atom stereocenters. The van der Waals surface area contributed by atoms with E-state index in [2.05, 4.69) is 5.32 Å². The number of hydrogen-bond acceptors (Lipinski definition) is 3. The number of benzene rings is 1. The first-order valence-electron chi connectivity index (χ1n) is 5.73. The Balaban J connectivity index is 2.19. The molecule has 96 valence electrons. The predicted octanol–water partition coefficient (Wildman–Crippen LogP) is 0.560. The predicted molar refractivity (Wildman–Crippen MR) is 64.2 cm³/mol. The second-order valence-electron chi connectivity index (χ2n) is 3.98. The molecule has 1 aliphatic rings. The fourth-order valence-corrected chi connectivity index (χ4v) is 1.84. The van der Waals surface area contributed by atoms with Crippen molar-refractivity contribution in [1.29, 1.82) is 0 Å². The number of hydrogen-bond donors (Lipinski definition) is 2. The molecule has 3 N–H and O–H groups in total. The van der Waals surface area contributed by atoms with E-state index in [4.69, 9.17) is 10.6 Å². The largest absolute Gasteiger partial charge is 0.352 e. The highest BCUT2D eigenvalue weighted by Crippen LogP contribution is 2.18. The third kappa shape index (κ3) is 2.78. The molecular formula is C12H15N3O3. The van der Waals surface area contributed by atoms with Crippen molar-refractivity contribution in [1.82, 2.24) is 10.4 Å². The molecular weight excluding hydrogens is 234 g/mol. The molecule has 1 saturated heterocycles. The van der Waals surface area contributed by atoms with Gasteiger partial charge in [-0.3, -0.25) is 9.63 Å². The second kappa shape index (κ2) is 5.50. The van der Waals surface area contributed by atoms with Crippen LogP contribution in [0.4, 0.5) is 4.79 Å². The molecule has 6 nitrogen and oxygen atoms in total. The molecule has 2 rings (SSSR count). The Morgan fingerprint density at radius 3 is 2.61 bits per heavy atom. The minimum atomic E-state index is -0.804. The van der Waals surface area contributed by atoms with E-state index in [1.165, 1.54) is 5.06 Å². The van der Waals surface area contributed by atoms with Gasteiger partial charge >= 0.3 is 6.03 Å². The summed E-state index contributed by atoms with van der Waals surface area (Å²) in [7, 11) is 0. The summed E-state index contributed by atoms with van der Waals surface area (Å²) in [6.45, 7) is 1.05. The fraction of sp³-hybridized carbons (Fsp3) is 0.333. The molecule has 3 amide bonds. The van der Waals surface area contributed by atoms with Gasteiger partial charge in [0, 0.05) is 0 Å². The minimum absolute atomic E-state index is 0.308. The molecule has 0 aromatic heterocycles. The number of hydroxylamine groups is 2. The Kier molecular flexibility index (Phi) is 3.78. The number of nitrogens with two attached hydrogens (primary N) is 1.